The SMILES string of the molecule is CCC(C)CC(CC)NCCc1ccc2c(c1)OCCO2. The van der Waals surface area contributed by atoms with E-state index >= 15 is 0 Å². The molecule has 1 aliphatic rings. The first-order valence-electron chi connectivity index (χ1n) is 8.34. The number of hydrogen-bond acceptors (Lipinski definition) is 3. The van der Waals surface area contributed by atoms with Gasteiger partial charge in [-0.05, 0) is 49.4 Å². The fourth-order valence-electron chi connectivity index (χ4n) is 2.71. The molecule has 21 heavy (non-hydrogen) atoms. The van der Waals surface area contributed by atoms with Crippen molar-refractivity contribution < 1.29 is 9.47 Å². The summed E-state index contributed by atoms with van der Waals surface area (Å²) in [5.41, 5.74) is 1.31. The molecule has 0 aliphatic carbocycles. The van der Waals surface area contributed by atoms with Crippen molar-refractivity contribution >= 4 is 0 Å². The van der Waals surface area contributed by atoms with Gasteiger partial charge in [-0.2, -0.15) is 0 Å². The molecule has 0 bridgehead atoms. The topological polar surface area (TPSA) is 30.5 Å². The lowest BCUT2D eigenvalue weighted by Crippen LogP contribution is -2.31. The predicted octanol–water partition coefficient (Wildman–Crippen LogP) is 3.80. The maximum absolute atomic E-state index is 5.63. The Balaban J connectivity index is 1.79. The molecule has 0 spiro atoms. The Morgan fingerprint density at radius 1 is 1.10 bits per heavy atom. The molecule has 0 radical (unpaired) electrons. The van der Waals surface area contributed by atoms with E-state index in [4.69, 9.17) is 9.47 Å². The smallest absolute Gasteiger partial charge is 0.161 e. The summed E-state index contributed by atoms with van der Waals surface area (Å²) in [6.07, 6.45) is 4.77. The molecule has 0 saturated carbocycles. The minimum atomic E-state index is 0.636. The predicted molar refractivity (Wildman–Crippen MR) is 87.3 cm³/mol. The molecule has 118 valence electrons. The summed E-state index contributed by atoms with van der Waals surface area (Å²) in [4.78, 5) is 0. The minimum Gasteiger partial charge on any atom is -0.486 e. The van der Waals surface area contributed by atoms with Crippen LogP contribution in [0, 0.1) is 5.92 Å². The molecule has 3 nitrogen and oxygen atoms in total. The van der Waals surface area contributed by atoms with E-state index in [0.29, 0.717) is 19.3 Å². The van der Waals surface area contributed by atoms with Gasteiger partial charge in [0.05, 0.1) is 0 Å². The largest absolute Gasteiger partial charge is 0.486 e. The van der Waals surface area contributed by atoms with Crippen LogP contribution in [-0.2, 0) is 6.42 Å². The van der Waals surface area contributed by atoms with Gasteiger partial charge in [-0.3, -0.25) is 0 Å². The van der Waals surface area contributed by atoms with Crippen molar-refractivity contribution in [1.82, 2.24) is 5.32 Å². The van der Waals surface area contributed by atoms with E-state index in [1.54, 1.807) is 0 Å². The Morgan fingerprint density at radius 2 is 1.86 bits per heavy atom. The van der Waals surface area contributed by atoms with Crippen LogP contribution in [-0.4, -0.2) is 25.8 Å². The Bertz CT molecular complexity index is 433. The van der Waals surface area contributed by atoms with E-state index in [2.05, 4.69) is 38.2 Å². The number of fused-ring (bicyclic) bond motifs is 1. The highest BCUT2D eigenvalue weighted by Gasteiger charge is 2.12. The molecule has 1 aliphatic heterocycles. The highest BCUT2D eigenvalue weighted by Crippen LogP contribution is 2.30. The third-order valence-electron chi connectivity index (χ3n) is 4.33. The third kappa shape index (κ3) is 4.92. The van der Waals surface area contributed by atoms with E-state index in [0.717, 1.165) is 30.4 Å². The van der Waals surface area contributed by atoms with Gasteiger partial charge in [-0.1, -0.05) is 33.3 Å². The van der Waals surface area contributed by atoms with Crippen LogP contribution in [0.5, 0.6) is 11.5 Å². The number of ether oxygens (including phenoxy) is 2. The quantitative estimate of drug-likeness (QED) is 0.790. The lowest BCUT2D eigenvalue weighted by atomic mass is 9.97. The zero-order valence-corrected chi connectivity index (χ0v) is 13.7. The van der Waals surface area contributed by atoms with Crippen molar-refractivity contribution in [1.29, 1.82) is 0 Å². The molecule has 1 heterocycles. The average Bonchev–Trinajstić information content (AvgIpc) is 2.53. The number of hydrogen-bond donors (Lipinski definition) is 1. The van der Waals surface area contributed by atoms with Crippen molar-refractivity contribution in [3.05, 3.63) is 23.8 Å². The zero-order chi connectivity index (χ0) is 15.1. The fraction of sp³-hybridized carbons (Fsp3) is 0.667. The monoisotopic (exact) mass is 291 g/mol. The second kappa shape index (κ2) is 8.28. The van der Waals surface area contributed by atoms with Crippen LogP contribution in [0.25, 0.3) is 0 Å². The molecule has 1 aromatic carbocycles. The van der Waals surface area contributed by atoms with Crippen LogP contribution < -0.4 is 14.8 Å². The summed E-state index contributed by atoms with van der Waals surface area (Å²) in [6.45, 7) is 9.21. The van der Waals surface area contributed by atoms with E-state index in [1.807, 2.05) is 6.07 Å². The van der Waals surface area contributed by atoms with Crippen molar-refractivity contribution in [3.63, 3.8) is 0 Å². The maximum Gasteiger partial charge on any atom is 0.161 e. The van der Waals surface area contributed by atoms with Crippen molar-refractivity contribution in [3.8, 4) is 11.5 Å². The number of rotatable bonds is 8. The second-order valence-electron chi connectivity index (χ2n) is 6.04. The molecule has 2 rings (SSSR count). The van der Waals surface area contributed by atoms with Gasteiger partial charge in [-0.15, -0.1) is 0 Å². The highest BCUT2D eigenvalue weighted by atomic mass is 16.6. The fourth-order valence-corrected chi connectivity index (χ4v) is 2.71. The molecule has 2 unspecified atom stereocenters. The van der Waals surface area contributed by atoms with Crippen LogP contribution in [0.1, 0.15) is 45.6 Å². The normalized spacial score (nSPS) is 16.5. The van der Waals surface area contributed by atoms with Gasteiger partial charge in [0.15, 0.2) is 11.5 Å². The first kappa shape index (κ1) is 16.2. The number of benzene rings is 1. The zero-order valence-electron chi connectivity index (χ0n) is 13.7. The molecular formula is C18H29NO2. The van der Waals surface area contributed by atoms with E-state index in [1.165, 1.54) is 24.8 Å². The molecule has 1 N–H and O–H groups in total. The van der Waals surface area contributed by atoms with Crippen molar-refractivity contribution in [2.24, 2.45) is 5.92 Å². The van der Waals surface area contributed by atoms with Crippen LogP contribution in [0.4, 0.5) is 0 Å². The van der Waals surface area contributed by atoms with E-state index < -0.39 is 0 Å². The lowest BCUT2D eigenvalue weighted by molar-refractivity contribution is 0.171. The highest BCUT2D eigenvalue weighted by molar-refractivity contribution is 5.43. The standard InChI is InChI=1S/C18H29NO2/c1-4-14(3)12-16(5-2)19-9-8-15-6-7-17-18(13-15)21-11-10-20-17/h6-7,13-14,16,19H,4-5,8-12H2,1-3H3. The second-order valence-corrected chi connectivity index (χ2v) is 6.04. The lowest BCUT2D eigenvalue weighted by Gasteiger charge is -2.21. The molecular weight excluding hydrogens is 262 g/mol. The van der Waals surface area contributed by atoms with Gasteiger partial charge in [0.25, 0.3) is 0 Å². The third-order valence-corrected chi connectivity index (χ3v) is 4.33. The first-order chi connectivity index (χ1) is 10.2. The summed E-state index contributed by atoms with van der Waals surface area (Å²) in [5.74, 6) is 2.57. The van der Waals surface area contributed by atoms with Gasteiger partial charge in [-0.25, -0.2) is 0 Å². The van der Waals surface area contributed by atoms with Gasteiger partial charge in [0, 0.05) is 6.04 Å². The van der Waals surface area contributed by atoms with E-state index in [-0.39, 0.29) is 0 Å². The molecule has 0 aromatic heterocycles. The molecule has 0 amide bonds. The molecule has 0 saturated heterocycles. The summed E-state index contributed by atoms with van der Waals surface area (Å²) in [6, 6.07) is 6.92. The Labute approximate surface area is 129 Å². The van der Waals surface area contributed by atoms with Gasteiger partial charge in [0.1, 0.15) is 13.2 Å². The van der Waals surface area contributed by atoms with Gasteiger partial charge in [0.2, 0.25) is 0 Å². The van der Waals surface area contributed by atoms with Crippen molar-refractivity contribution in [2.45, 2.75) is 52.5 Å². The molecule has 1 aromatic rings. The van der Waals surface area contributed by atoms with Crippen LogP contribution in [0.15, 0.2) is 18.2 Å². The first-order valence-corrected chi connectivity index (χ1v) is 8.34. The van der Waals surface area contributed by atoms with Gasteiger partial charge < -0.3 is 14.8 Å². The van der Waals surface area contributed by atoms with Crippen LogP contribution >= 0.6 is 0 Å². The summed E-state index contributed by atoms with van der Waals surface area (Å²) in [7, 11) is 0. The molecule has 2 atom stereocenters. The Kier molecular flexibility index (Phi) is 6.37. The summed E-state index contributed by atoms with van der Waals surface area (Å²) in [5, 5.41) is 3.69. The molecule has 3 heteroatoms. The summed E-state index contributed by atoms with van der Waals surface area (Å²) < 4.78 is 11.2. The Hall–Kier alpha value is -1.22. The van der Waals surface area contributed by atoms with Gasteiger partial charge >= 0.3 is 0 Å². The van der Waals surface area contributed by atoms with Crippen LogP contribution in [0.2, 0.25) is 0 Å². The van der Waals surface area contributed by atoms with Crippen molar-refractivity contribution in [2.75, 3.05) is 19.8 Å². The summed E-state index contributed by atoms with van der Waals surface area (Å²) >= 11 is 0. The molecule has 0 fully saturated rings. The Morgan fingerprint density at radius 3 is 2.57 bits per heavy atom. The average molecular weight is 291 g/mol. The maximum atomic E-state index is 5.63. The van der Waals surface area contributed by atoms with Crippen LogP contribution in [0.3, 0.4) is 0 Å². The number of nitrogens with one attached hydrogen (secondary N) is 1. The minimum absolute atomic E-state index is 0.636. The van der Waals surface area contributed by atoms with E-state index in [9.17, 15) is 0 Å².